The number of hydrogen-bond donors (Lipinski definition) is 2. The second-order valence-corrected chi connectivity index (χ2v) is 6.17. The van der Waals surface area contributed by atoms with Crippen molar-refractivity contribution >= 4 is 29.7 Å². The number of aryl methyl sites for hydroxylation is 1. The van der Waals surface area contributed by atoms with Crippen LogP contribution in [0.4, 0.5) is 10.6 Å². The first kappa shape index (κ1) is 20.9. The maximum absolute atomic E-state index is 11.9. The van der Waals surface area contributed by atoms with E-state index >= 15 is 0 Å². The Hall–Kier alpha value is -3.11. The molecule has 1 heterocycles. The predicted molar refractivity (Wildman–Crippen MR) is 91.1 cm³/mol. The Bertz CT molecular complexity index is 704. The summed E-state index contributed by atoms with van der Waals surface area (Å²) < 4.78 is 10.9. The van der Waals surface area contributed by atoms with Gasteiger partial charge in [-0.05, 0) is 20.8 Å². The van der Waals surface area contributed by atoms with Crippen molar-refractivity contribution in [3.05, 3.63) is 11.8 Å². The van der Waals surface area contributed by atoms with Crippen LogP contribution in [0.3, 0.4) is 0 Å². The standard InChI is InChI=1S/C15H23N5O6/c1-15(2,3)25-14(23)18-13-9(8-17-20(13)4)12(16)19-26-11(22)7-6-10(21)24-5/h8H,6-7H2,1-5H3,(H2,16,19)(H,18,23). The van der Waals surface area contributed by atoms with Gasteiger partial charge in [-0.25, -0.2) is 9.59 Å². The van der Waals surface area contributed by atoms with Gasteiger partial charge in [-0.3, -0.25) is 14.8 Å². The summed E-state index contributed by atoms with van der Waals surface area (Å²) in [6.07, 6.45) is 0.293. The fourth-order valence-electron chi connectivity index (χ4n) is 1.67. The first-order valence-corrected chi connectivity index (χ1v) is 7.66. The molecule has 144 valence electrons. The number of carbonyl (C=O) groups excluding carboxylic acids is 3. The van der Waals surface area contributed by atoms with Crippen LogP contribution in [0.5, 0.6) is 0 Å². The first-order valence-electron chi connectivity index (χ1n) is 7.66. The molecule has 11 nitrogen and oxygen atoms in total. The molecule has 0 saturated heterocycles. The van der Waals surface area contributed by atoms with Crippen molar-refractivity contribution in [1.29, 1.82) is 0 Å². The molecule has 0 bridgehead atoms. The zero-order valence-electron chi connectivity index (χ0n) is 15.4. The van der Waals surface area contributed by atoms with E-state index in [1.165, 1.54) is 18.0 Å². The number of nitrogens with zero attached hydrogens (tertiary/aromatic N) is 3. The summed E-state index contributed by atoms with van der Waals surface area (Å²) in [5.41, 5.74) is 5.33. The molecule has 0 aliphatic carbocycles. The van der Waals surface area contributed by atoms with Crippen molar-refractivity contribution in [3.63, 3.8) is 0 Å². The van der Waals surface area contributed by atoms with Crippen molar-refractivity contribution in [2.45, 2.75) is 39.2 Å². The molecule has 0 unspecified atom stereocenters. The number of methoxy groups -OCH3 is 1. The van der Waals surface area contributed by atoms with Gasteiger partial charge in [0.15, 0.2) is 5.84 Å². The molecule has 0 fully saturated rings. The van der Waals surface area contributed by atoms with Crippen molar-refractivity contribution in [2.75, 3.05) is 12.4 Å². The lowest BCUT2D eigenvalue weighted by molar-refractivity contribution is -0.148. The highest BCUT2D eigenvalue weighted by atomic mass is 16.7. The zero-order valence-corrected chi connectivity index (χ0v) is 15.4. The highest BCUT2D eigenvalue weighted by Gasteiger charge is 2.20. The maximum atomic E-state index is 11.9. The topological polar surface area (TPSA) is 147 Å². The van der Waals surface area contributed by atoms with E-state index in [9.17, 15) is 14.4 Å². The van der Waals surface area contributed by atoms with Gasteiger partial charge in [0.2, 0.25) is 0 Å². The summed E-state index contributed by atoms with van der Waals surface area (Å²) in [5, 5.41) is 9.98. The second kappa shape index (κ2) is 8.83. The number of amidine groups is 1. The van der Waals surface area contributed by atoms with E-state index < -0.39 is 23.6 Å². The number of hydrogen-bond acceptors (Lipinski definition) is 8. The third kappa shape index (κ3) is 6.79. The van der Waals surface area contributed by atoms with Crippen molar-refractivity contribution < 1.29 is 28.7 Å². The number of esters is 1. The normalized spacial score (nSPS) is 11.7. The van der Waals surface area contributed by atoms with Crippen LogP contribution in [-0.4, -0.2) is 46.4 Å². The number of nitrogens with two attached hydrogens (primary N) is 1. The van der Waals surface area contributed by atoms with Gasteiger partial charge in [0, 0.05) is 7.05 Å². The number of aromatic nitrogens is 2. The van der Waals surface area contributed by atoms with Crippen LogP contribution in [-0.2, 0) is 30.9 Å². The molecule has 0 aliphatic rings. The minimum atomic E-state index is -0.760. The second-order valence-electron chi connectivity index (χ2n) is 6.17. The Labute approximate surface area is 150 Å². The largest absolute Gasteiger partial charge is 0.469 e. The summed E-state index contributed by atoms with van der Waals surface area (Å²) in [7, 11) is 2.79. The molecule has 1 aromatic heterocycles. The fourth-order valence-corrected chi connectivity index (χ4v) is 1.67. The van der Waals surface area contributed by atoms with Crippen molar-refractivity contribution in [1.82, 2.24) is 9.78 Å². The van der Waals surface area contributed by atoms with Gasteiger partial charge in [-0.15, -0.1) is 0 Å². The summed E-state index contributed by atoms with van der Waals surface area (Å²) in [4.78, 5) is 39.0. The average Bonchev–Trinajstić information content (AvgIpc) is 2.89. The molecule has 26 heavy (non-hydrogen) atoms. The molecule has 0 atom stereocenters. The van der Waals surface area contributed by atoms with E-state index in [0.29, 0.717) is 0 Å². The highest BCUT2D eigenvalue weighted by Crippen LogP contribution is 2.16. The van der Waals surface area contributed by atoms with Gasteiger partial charge in [0.1, 0.15) is 11.4 Å². The monoisotopic (exact) mass is 369 g/mol. The fraction of sp³-hybridized carbons (Fsp3) is 0.533. The number of oxime groups is 1. The van der Waals surface area contributed by atoms with E-state index in [2.05, 4.69) is 25.1 Å². The lowest BCUT2D eigenvalue weighted by Gasteiger charge is -2.20. The van der Waals surface area contributed by atoms with Crippen LogP contribution in [0.1, 0.15) is 39.2 Å². The molecule has 0 saturated carbocycles. The third-order valence-electron chi connectivity index (χ3n) is 2.84. The summed E-state index contributed by atoms with van der Waals surface area (Å²) in [6, 6.07) is 0. The molecule has 0 radical (unpaired) electrons. The smallest absolute Gasteiger partial charge is 0.413 e. The van der Waals surface area contributed by atoms with Gasteiger partial charge in [0.05, 0.1) is 31.7 Å². The van der Waals surface area contributed by atoms with Gasteiger partial charge >= 0.3 is 18.0 Å². The van der Waals surface area contributed by atoms with Crippen LogP contribution < -0.4 is 11.1 Å². The third-order valence-corrected chi connectivity index (χ3v) is 2.84. The molecular weight excluding hydrogens is 346 g/mol. The van der Waals surface area contributed by atoms with Gasteiger partial charge in [-0.2, -0.15) is 5.10 Å². The number of rotatable bonds is 6. The lowest BCUT2D eigenvalue weighted by atomic mass is 10.2. The van der Waals surface area contributed by atoms with Gasteiger partial charge in [-0.1, -0.05) is 5.16 Å². The van der Waals surface area contributed by atoms with Crippen molar-refractivity contribution in [2.24, 2.45) is 17.9 Å². The van der Waals surface area contributed by atoms with E-state index in [1.54, 1.807) is 27.8 Å². The Balaban J connectivity index is 2.78. The number of nitrogens with one attached hydrogen (secondary N) is 1. The van der Waals surface area contributed by atoms with Crippen LogP contribution >= 0.6 is 0 Å². The minimum absolute atomic E-state index is 0.136. The van der Waals surface area contributed by atoms with E-state index in [0.717, 1.165) is 0 Å². The molecule has 1 rings (SSSR count). The average molecular weight is 369 g/mol. The Kier molecular flexibility index (Phi) is 7.11. The number of carbonyl (C=O) groups is 3. The lowest BCUT2D eigenvalue weighted by Crippen LogP contribution is -2.29. The molecule has 0 aliphatic heterocycles. The van der Waals surface area contributed by atoms with Crippen LogP contribution in [0, 0.1) is 0 Å². The summed E-state index contributed by atoms with van der Waals surface area (Å²) in [5.74, 6) is -1.28. The number of amides is 1. The molecular formula is C15H23N5O6. The summed E-state index contributed by atoms with van der Waals surface area (Å²) in [6.45, 7) is 5.17. The SMILES string of the molecule is COC(=O)CCC(=O)ON=C(N)c1cnn(C)c1NC(=O)OC(C)(C)C. The molecule has 0 spiro atoms. The first-order chi connectivity index (χ1) is 12.0. The van der Waals surface area contributed by atoms with Gasteiger partial charge in [0.25, 0.3) is 0 Å². The van der Waals surface area contributed by atoms with Crippen LogP contribution in [0.15, 0.2) is 11.4 Å². The molecule has 11 heteroatoms. The molecule has 3 N–H and O–H groups in total. The predicted octanol–water partition coefficient (Wildman–Crippen LogP) is 0.884. The summed E-state index contributed by atoms with van der Waals surface area (Å²) >= 11 is 0. The Morgan fingerprint density at radius 3 is 2.46 bits per heavy atom. The van der Waals surface area contributed by atoms with Crippen LogP contribution in [0.25, 0.3) is 0 Å². The quantitative estimate of drug-likeness (QED) is 0.247. The van der Waals surface area contributed by atoms with Crippen LogP contribution in [0.2, 0.25) is 0 Å². The van der Waals surface area contributed by atoms with E-state index in [4.69, 9.17) is 10.5 Å². The Morgan fingerprint density at radius 1 is 1.27 bits per heavy atom. The van der Waals surface area contributed by atoms with E-state index in [-0.39, 0.29) is 30.1 Å². The number of anilines is 1. The highest BCUT2D eigenvalue weighted by molar-refractivity contribution is 6.03. The van der Waals surface area contributed by atoms with E-state index in [1.807, 2.05) is 0 Å². The Morgan fingerprint density at radius 2 is 1.88 bits per heavy atom. The molecule has 1 amide bonds. The van der Waals surface area contributed by atoms with Gasteiger partial charge < -0.3 is 20.0 Å². The van der Waals surface area contributed by atoms with Crippen molar-refractivity contribution in [3.8, 4) is 0 Å². The number of ether oxygens (including phenoxy) is 2. The maximum Gasteiger partial charge on any atom is 0.413 e. The molecule has 0 aromatic carbocycles. The zero-order chi connectivity index (χ0) is 19.9. The molecule has 1 aromatic rings. The minimum Gasteiger partial charge on any atom is -0.469 e.